The summed E-state index contributed by atoms with van der Waals surface area (Å²) in [6, 6.07) is 2.04. The molecule has 0 aromatic carbocycles. The second-order valence-corrected chi connectivity index (χ2v) is 4.59. The molecule has 0 atom stereocenters. The SMILES string of the molecule is O=C(CCCC1=C=CC=C1)OCCCc1cc[nH]c1. The van der Waals surface area contributed by atoms with E-state index < -0.39 is 0 Å². The molecule has 0 saturated heterocycles. The lowest BCUT2D eigenvalue weighted by atomic mass is 10.1. The Hall–Kier alpha value is -1.99. The van der Waals surface area contributed by atoms with E-state index in [1.807, 2.05) is 36.7 Å². The summed E-state index contributed by atoms with van der Waals surface area (Å²) in [6.07, 6.45) is 13.8. The van der Waals surface area contributed by atoms with Crippen molar-refractivity contribution in [2.45, 2.75) is 32.1 Å². The van der Waals surface area contributed by atoms with Crippen molar-refractivity contribution in [3.63, 3.8) is 0 Å². The molecule has 3 heteroatoms. The van der Waals surface area contributed by atoms with Gasteiger partial charge in [0.15, 0.2) is 0 Å². The standard InChI is InChI=1S/C16H19NO2/c18-16(9-3-7-14-5-1-2-6-14)19-12-4-8-15-10-11-17-13-15/h1-2,5,10-11,13,17H,3-4,7-9,12H2. The van der Waals surface area contributed by atoms with E-state index in [9.17, 15) is 4.79 Å². The maximum Gasteiger partial charge on any atom is 0.305 e. The van der Waals surface area contributed by atoms with Crippen LogP contribution in [0.25, 0.3) is 0 Å². The second-order valence-electron chi connectivity index (χ2n) is 4.59. The lowest BCUT2D eigenvalue weighted by Gasteiger charge is -2.04. The molecule has 100 valence electrons. The number of ether oxygens (including phenoxy) is 1. The van der Waals surface area contributed by atoms with Crippen LogP contribution in [0.1, 0.15) is 31.2 Å². The van der Waals surface area contributed by atoms with Gasteiger partial charge in [-0.25, -0.2) is 0 Å². The molecule has 0 fully saturated rings. The molecule has 1 N–H and O–H groups in total. The van der Waals surface area contributed by atoms with Gasteiger partial charge in [0.25, 0.3) is 0 Å². The number of carbonyl (C=O) groups excluding carboxylic acids is 1. The normalized spacial score (nSPS) is 12.7. The Labute approximate surface area is 113 Å². The Morgan fingerprint density at radius 2 is 2.26 bits per heavy atom. The van der Waals surface area contributed by atoms with Crippen LogP contribution >= 0.6 is 0 Å². The molecule has 1 aromatic heterocycles. The molecule has 1 aliphatic rings. The molecule has 2 rings (SSSR count). The van der Waals surface area contributed by atoms with Gasteiger partial charge < -0.3 is 9.72 Å². The number of aromatic nitrogens is 1. The molecule has 0 aliphatic heterocycles. The fourth-order valence-electron chi connectivity index (χ4n) is 1.99. The summed E-state index contributed by atoms with van der Waals surface area (Å²) in [5.74, 6) is -0.0966. The van der Waals surface area contributed by atoms with Gasteiger partial charge in [0.1, 0.15) is 0 Å². The Bertz CT molecular complexity index is 491. The molecule has 1 aromatic rings. The van der Waals surface area contributed by atoms with Crippen molar-refractivity contribution in [3.8, 4) is 0 Å². The minimum Gasteiger partial charge on any atom is -0.466 e. The van der Waals surface area contributed by atoms with E-state index in [2.05, 4.69) is 10.7 Å². The number of hydrogen-bond acceptors (Lipinski definition) is 2. The van der Waals surface area contributed by atoms with Crippen molar-refractivity contribution in [2.75, 3.05) is 6.61 Å². The molecule has 0 saturated carbocycles. The Morgan fingerprint density at radius 3 is 3.00 bits per heavy atom. The lowest BCUT2D eigenvalue weighted by Crippen LogP contribution is -2.06. The van der Waals surface area contributed by atoms with Crippen molar-refractivity contribution >= 4 is 5.97 Å². The molecule has 0 amide bonds. The second kappa shape index (κ2) is 7.45. The summed E-state index contributed by atoms with van der Waals surface area (Å²) in [6.45, 7) is 0.506. The number of esters is 1. The quantitative estimate of drug-likeness (QED) is 0.441. The zero-order chi connectivity index (χ0) is 13.3. The van der Waals surface area contributed by atoms with Crippen molar-refractivity contribution in [1.29, 1.82) is 0 Å². The molecule has 0 radical (unpaired) electrons. The van der Waals surface area contributed by atoms with Gasteiger partial charge >= 0.3 is 5.97 Å². The van der Waals surface area contributed by atoms with E-state index in [0.29, 0.717) is 13.0 Å². The number of nitrogens with one attached hydrogen (secondary N) is 1. The van der Waals surface area contributed by atoms with E-state index in [4.69, 9.17) is 4.74 Å². The van der Waals surface area contributed by atoms with Crippen LogP contribution in [-0.4, -0.2) is 17.6 Å². The third-order valence-electron chi connectivity index (χ3n) is 3.02. The average molecular weight is 257 g/mol. The smallest absolute Gasteiger partial charge is 0.305 e. The Balaban J connectivity index is 1.50. The highest BCUT2D eigenvalue weighted by molar-refractivity contribution is 5.69. The van der Waals surface area contributed by atoms with Gasteiger partial charge in [-0.1, -0.05) is 12.2 Å². The number of aryl methyl sites for hydroxylation is 1. The predicted molar refractivity (Wildman–Crippen MR) is 74.7 cm³/mol. The van der Waals surface area contributed by atoms with Gasteiger partial charge in [-0.15, -0.1) is 5.73 Å². The van der Waals surface area contributed by atoms with Crippen LogP contribution in [0.3, 0.4) is 0 Å². The third-order valence-corrected chi connectivity index (χ3v) is 3.02. The van der Waals surface area contributed by atoms with Crippen LogP contribution in [0, 0.1) is 0 Å². The summed E-state index contributed by atoms with van der Waals surface area (Å²) >= 11 is 0. The summed E-state index contributed by atoms with van der Waals surface area (Å²) < 4.78 is 5.20. The summed E-state index contributed by atoms with van der Waals surface area (Å²) in [5, 5.41) is 0. The van der Waals surface area contributed by atoms with Crippen molar-refractivity contribution < 1.29 is 9.53 Å². The van der Waals surface area contributed by atoms with Gasteiger partial charge in [0.2, 0.25) is 0 Å². The van der Waals surface area contributed by atoms with Crippen molar-refractivity contribution in [2.24, 2.45) is 0 Å². The van der Waals surface area contributed by atoms with Gasteiger partial charge in [-0.2, -0.15) is 0 Å². The molecule has 3 nitrogen and oxygen atoms in total. The fourth-order valence-corrected chi connectivity index (χ4v) is 1.99. The number of hydrogen-bond donors (Lipinski definition) is 1. The van der Waals surface area contributed by atoms with Crippen LogP contribution < -0.4 is 0 Å². The van der Waals surface area contributed by atoms with E-state index in [-0.39, 0.29) is 5.97 Å². The van der Waals surface area contributed by atoms with Crippen molar-refractivity contribution in [3.05, 3.63) is 53.6 Å². The first-order chi connectivity index (χ1) is 9.34. The number of aromatic amines is 1. The Kier molecular flexibility index (Phi) is 5.27. The topological polar surface area (TPSA) is 42.1 Å². The summed E-state index contributed by atoms with van der Waals surface area (Å²) in [7, 11) is 0. The van der Waals surface area contributed by atoms with E-state index >= 15 is 0 Å². The van der Waals surface area contributed by atoms with E-state index in [1.165, 1.54) is 11.1 Å². The van der Waals surface area contributed by atoms with Gasteiger partial charge in [-0.05, 0) is 49.0 Å². The third kappa shape index (κ3) is 5.02. The number of rotatable bonds is 8. The van der Waals surface area contributed by atoms with Gasteiger partial charge in [0, 0.05) is 18.8 Å². The minimum absolute atomic E-state index is 0.0966. The van der Waals surface area contributed by atoms with Crippen molar-refractivity contribution in [1.82, 2.24) is 4.98 Å². The summed E-state index contributed by atoms with van der Waals surface area (Å²) in [4.78, 5) is 14.5. The first-order valence-electron chi connectivity index (χ1n) is 6.74. The number of allylic oxidation sites excluding steroid dienone is 3. The van der Waals surface area contributed by atoms with Gasteiger partial charge in [-0.3, -0.25) is 4.79 Å². The van der Waals surface area contributed by atoms with Crippen LogP contribution in [0.4, 0.5) is 0 Å². The lowest BCUT2D eigenvalue weighted by molar-refractivity contribution is -0.143. The molecule has 0 bridgehead atoms. The number of H-pyrrole nitrogens is 1. The average Bonchev–Trinajstić information content (AvgIpc) is 3.07. The maximum atomic E-state index is 11.5. The maximum absolute atomic E-state index is 11.5. The first-order valence-corrected chi connectivity index (χ1v) is 6.74. The van der Waals surface area contributed by atoms with E-state index in [0.717, 1.165) is 25.7 Å². The molecule has 0 unspecified atom stereocenters. The molecule has 1 aliphatic carbocycles. The highest BCUT2D eigenvalue weighted by Crippen LogP contribution is 2.11. The van der Waals surface area contributed by atoms with Crippen LogP contribution in [0.15, 0.2) is 48.0 Å². The van der Waals surface area contributed by atoms with E-state index in [1.54, 1.807) is 0 Å². The van der Waals surface area contributed by atoms with Gasteiger partial charge in [0.05, 0.1) is 6.61 Å². The zero-order valence-electron chi connectivity index (χ0n) is 11.0. The predicted octanol–water partition coefficient (Wildman–Crippen LogP) is 3.31. The Morgan fingerprint density at radius 1 is 1.32 bits per heavy atom. The molecule has 19 heavy (non-hydrogen) atoms. The highest BCUT2D eigenvalue weighted by Gasteiger charge is 2.04. The number of carbonyl (C=O) groups is 1. The first kappa shape index (κ1) is 13.4. The summed E-state index contributed by atoms with van der Waals surface area (Å²) in [5.41, 5.74) is 5.54. The largest absolute Gasteiger partial charge is 0.466 e. The fraction of sp³-hybridized carbons (Fsp3) is 0.375. The zero-order valence-corrected chi connectivity index (χ0v) is 11.0. The molecule has 0 spiro atoms. The molecular weight excluding hydrogens is 238 g/mol. The van der Waals surface area contributed by atoms with Crippen LogP contribution in [-0.2, 0) is 16.0 Å². The van der Waals surface area contributed by atoms with Crippen LogP contribution in [0.5, 0.6) is 0 Å². The monoisotopic (exact) mass is 257 g/mol. The molecular formula is C16H19NO2. The minimum atomic E-state index is -0.0966. The van der Waals surface area contributed by atoms with Crippen LogP contribution in [0.2, 0.25) is 0 Å². The molecule has 1 heterocycles. The highest BCUT2D eigenvalue weighted by atomic mass is 16.5.